The summed E-state index contributed by atoms with van der Waals surface area (Å²) in [6.45, 7) is 6.29. The van der Waals surface area contributed by atoms with Crippen LogP contribution in [0.4, 0.5) is 6.01 Å². The van der Waals surface area contributed by atoms with E-state index in [-0.39, 0.29) is 17.6 Å². The number of rotatable bonds is 4. The van der Waals surface area contributed by atoms with Crippen LogP contribution in [0.1, 0.15) is 28.8 Å². The summed E-state index contributed by atoms with van der Waals surface area (Å²) in [4.78, 5) is 12.1. The molecule has 0 aliphatic rings. The fourth-order valence-electron chi connectivity index (χ4n) is 1.94. The summed E-state index contributed by atoms with van der Waals surface area (Å²) >= 11 is 0. The van der Waals surface area contributed by atoms with E-state index < -0.39 is 5.91 Å². The van der Waals surface area contributed by atoms with Crippen LogP contribution in [0.25, 0.3) is 11.7 Å². The Morgan fingerprint density at radius 1 is 1.32 bits per heavy atom. The molecule has 0 fully saturated rings. The SMILES string of the molecule is CCn1nc(C(=O)Nc2nnc(-c3cc(C)no3)o2)cc1C. The highest BCUT2D eigenvalue weighted by Gasteiger charge is 2.17. The summed E-state index contributed by atoms with van der Waals surface area (Å²) in [5.41, 5.74) is 1.88. The Morgan fingerprint density at radius 2 is 2.14 bits per heavy atom. The Hall–Kier alpha value is -2.97. The van der Waals surface area contributed by atoms with Gasteiger partial charge in [-0.3, -0.25) is 14.8 Å². The molecule has 0 radical (unpaired) electrons. The molecule has 3 aromatic heterocycles. The summed E-state index contributed by atoms with van der Waals surface area (Å²) in [5, 5.41) is 18.0. The molecule has 0 bridgehead atoms. The number of aromatic nitrogens is 5. The zero-order valence-electron chi connectivity index (χ0n) is 12.3. The van der Waals surface area contributed by atoms with Crippen LogP contribution in [0.2, 0.25) is 0 Å². The van der Waals surface area contributed by atoms with Crippen molar-refractivity contribution in [2.45, 2.75) is 27.3 Å². The van der Waals surface area contributed by atoms with Gasteiger partial charge in [-0.2, -0.15) is 5.10 Å². The van der Waals surface area contributed by atoms with Gasteiger partial charge in [0.2, 0.25) is 5.76 Å². The third-order valence-corrected chi connectivity index (χ3v) is 3.00. The van der Waals surface area contributed by atoms with Crippen molar-refractivity contribution in [2.24, 2.45) is 0 Å². The number of amides is 1. The van der Waals surface area contributed by atoms with Crippen molar-refractivity contribution in [3.63, 3.8) is 0 Å². The number of carbonyl (C=O) groups is 1. The number of hydrogen-bond acceptors (Lipinski definition) is 7. The molecule has 0 saturated heterocycles. The summed E-state index contributed by atoms with van der Waals surface area (Å²) in [6.07, 6.45) is 0. The Kier molecular flexibility index (Phi) is 3.45. The third-order valence-electron chi connectivity index (χ3n) is 3.00. The normalized spacial score (nSPS) is 10.9. The first-order valence-electron chi connectivity index (χ1n) is 6.70. The van der Waals surface area contributed by atoms with Gasteiger partial charge >= 0.3 is 6.01 Å². The van der Waals surface area contributed by atoms with E-state index in [9.17, 15) is 4.79 Å². The molecule has 9 heteroatoms. The molecule has 1 N–H and O–H groups in total. The fourth-order valence-corrected chi connectivity index (χ4v) is 1.94. The van der Waals surface area contributed by atoms with Crippen LogP contribution in [0.15, 0.2) is 21.1 Å². The second-order valence-corrected chi connectivity index (χ2v) is 4.69. The maximum absolute atomic E-state index is 12.1. The maximum atomic E-state index is 12.1. The van der Waals surface area contributed by atoms with Crippen molar-refractivity contribution in [1.29, 1.82) is 0 Å². The van der Waals surface area contributed by atoms with Gasteiger partial charge in [0.05, 0.1) is 5.69 Å². The van der Waals surface area contributed by atoms with Gasteiger partial charge in [-0.15, -0.1) is 5.10 Å². The molecule has 0 atom stereocenters. The standard InChI is InChI=1S/C13H14N6O3/c1-4-19-8(3)6-9(17-19)11(20)14-13-16-15-12(21-13)10-5-7(2)18-22-10/h5-6H,4H2,1-3H3,(H,14,16,20). The van der Waals surface area contributed by atoms with Gasteiger partial charge in [-0.05, 0) is 26.8 Å². The van der Waals surface area contributed by atoms with Gasteiger partial charge in [-0.1, -0.05) is 10.3 Å². The molecule has 3 aromatic rings. The third kappa shape index (κ3) is 2.60. The lowest BCUT2D eigenvalue weighted by atomic mass is 10.3. The lowest BCUT2D eigenvalue weighted by Gasteiger charge is -1.97. The van der Waals surface area contributed by atoms with Crippen LogP contribution in [0, 0.1) is 13.8 Å². The van der Waals surface area contributed by atoms with Crippen LogP contribution in [0.5, 0.6) is 0 Å². The lowest BCUT2D eigenvalue weighted by molar-refractivity contribution is 0.101. The average Bonchev–Trinajstić information content (AvgIpc) is 3.18. The minimum absolute atomic E-state index is 0.0299. The second kappa shape index (κ2) is 5.43. The molecule has 114 valence electrons. The van der Waals surface area contributed by atoms with E-state index in [2.05, 4.69) is 25.8 Å². The highest BCUT2D eigenvalue weighted by molar-refractivity contribution is 6.01. The molecule has 0 aromatic carbocycles. The largest absolute Gasteiger partial charge is 0.400 e. The smallest absolute Gasteiger partial charge is 0.322 e. The van der Waals surface area contributed by atoms with Crippen molar-refractivity contribution < 1.29 is 13.7 Å². The molecule has 0 unspecified atom stereocenters. The van der Waals surface area contributed by atoms with Crippen molar-refractivity contribution in [3.05, 3.63) is 29.2 Å². The second-order valence-electron chi connectivity index (χ2n) is 4.69. The molecule has 3 heterocycles. The van der Waals surface area contributed by atoms with Gasteiger partial charge in [0.1, 0.15) is 0 Å². The summed E-state index contributed by atoms with van der Waals surface area (Å²) in [6, 6.07) is 3.32. The predicted octanol–water partition coefficient (Wildman–Crippen LogP) is 1.81. The Labute approximate surface area is 125 Å². The number of nitrogens with zero attached hydrogens (tertiary/aromatic N) is 5. The molecule has 0 saturated carbocycles. The van der Waals surface area contributed by atoms with E-state index in [1.54, 1.807) is 23.7 Å². The number of nitrogens with one attached hydrogen (secondary N) is 1. The first kappa shape index (κ1) is 14.0. The van der Waals surface area contributed by atoms with Crippen LogP contribution in [-0.2, 0) is 6.54 Å². The zero-order chi connectivity index (χ0) is 15.7. The first-order chi connectivity index (χ1) is 10.6. The van der Waals surface area contributed by atoms with Crippen molar-refractivity contribution in [3.8, 4) is 11.7 Å². The van der Waals surface area contributed by atoms with Crippen LogP contribution in [-0.4, -0.2) is 31.0 Å². The van der Waals surface area contributed by atoms with E-state index >= 15 is 0 Å². The predicted molar refractivity (Wildman–Crippen MR) is 75.1 cm³/mol. The Balaban J connectivity index is 1.75. The summed E-state index contributed by atoms with van der Waals surface area (Å²) in [7, 11) is 0. The maximum Gasteiger partial charge on any atom is 0.322 e. The highest BCUT2D eigenvalue weighted by Crippen LogP contribution is 2.20. The summed E-state index contributed by atoms with van der Waals surface area (Å²) < 4.78 is 12.1. The van der Waals surface area contributed by atoms with E-state index in [1.807, 2.05) is 13.8 Å². The fraction of sp³-hybridized carbons (Fsp3) is 0.308. The van der Waals surface area contributed by atoms with Gasteiger partial charge in [0, 0.05) is 18.3 Å². The lowest BCUT2D eigenvalue weighted by Crippen LogP contribution is -2.13. The minimum Gasteiger partial charge on any atom is -0.400 e. The zero-order valence-corrected chi connectivity index (χ0v) is 12.3. The molecular weight excluding hydrogens is 288 g/mol. The monoisotopic (exact) mass is 302 g/mol. The quantitative estimate of drug-likeness (QED) is 0.782. The number of hydrogen-bond donors (Lipinski definition) is 1. The molecule has 1 amide bonds. The molecule has 0 aliphatic carbocycles. The van der Waals surface area contributed by atoms with E-state index in [1.165, 1.54) is 0 Å². The van der Waals surface area contributed by atoms with Crippen molar-refractivity contribution in [1.82, 2.24) is 25.1 Å². The molecule has 3 rings (SSSR count). The number of anilines is 1. The van der Waals surface area contributed by atoms with Crippen molar-refractivity contribution >= 4 is 11.9 Å². The van der Waals surface area contributed by atoms with E-state index in [0.29, 0.717) is 18.0 Å². The van der Waals surface area contributed by atoms with Crippen LogP contribution in [0.3, 0.4) is 0 Å². The van der Waals surface area contributed by atoms with Gasteiger partial charge in [0.25, 0.3) is 11.8 Å². The average molecular weight is 302 g/mol. The molecule has 9 nitrogen and oxygen atoms in total. The van der Waals surface area contributed by atoms with Crippen molar-refractivity contribution in [2.75, 3.05) is 5.32 Å². The van der Waals surface area contributed by atoms with Crippen LogP contribution >= 0.6 is 0 Å². The van der Waals surface area contributed by atoms with E-state index in [4.69, 9.17) is 8.94 Å². The molecule has 0 aliphatic heterocycles. The van der Waals surface area contributed by atoms with Gasteiger partial charge in [-0.25, -0.2) is 0 Å². The Morgan fingerprint density at radius 3 is 2.77 bits per heavy atom. The van der Waals surface area contributed by atoms with E-state index in [0.717, 1.165) is 5.69 Å². The Bertz CT molecular complexity index is 815. The molecular formula is C13H14N6O3. The highest BCUT2D eigenvalue weighted by atomic mass is 16.5. The van der Waals surface area contributed by atoms with Crippen LogP contribution < -0.4 is 5.32 Å². The topological polar surface area (TPSA) is 112 Å². The molecule has 0 spiro atoms. The first-order valence-corrected chi connectivity index (χ1v) is 6.70. The molecule has 22 heavy (non-hydrogen) atoms. The number of carbonyl (C=O) groups excluding carboxylic acids is 1. The number of aryl methyl sites for hydroxylation is 3. The minimum atomic E-state index is -0.417. The summed E-state index contributed by atoms with van der Waals surface area (Å²) in [5.74, 6) is 0.0713. The van der Waals surface area contributed by atoms with Gasteiger partial charge < -0.3 is 8.94 Å². The van der Waals surface area contributed by atoms with Gasteiger partial charge in [0.15, 0.2) is 5.69 Å².